The van der Waals surface area contributed by atoms with Gasteiger partial charge in [0.15, 0.2) is 0 Å². The number of nitrogens with zero attached hydrogens (tertiary/aromatic N) is 1. The van der Waals surface area contributed by atoms with E-state index in [0.29, 0.717) is 30.6 Å². The molecule has 3 fully saturated rings. The zero-order valence-electron chi connectivity index (χ0n) is 24.1. The third-order valence-electron chi connectivity index (χ3n) is 9.69. The van der Waals surface area contributed by atoms with Gasteiger partial charge in [-0.05, 0) is 68.4 Å². The summed E-state index contributed by atoms with van der Waals surface area (Å²) in [4.78, 5) is 44.3. The second-order valence-corrected chi connectivity index (χ2v) is 11.9. The summed E-state index contributed by atoms with van der Waals surface area (Å²) >= 11 is 0. The number of amides is 3. The number of para-hydroxylation sites is 1. The minimum Gasteiger partial charge on any atom is -0.394 e. The van der Waals surface area contributed by atoms with Gasteiger partial charge in [-0.1, -0.05) is 57.5 Å². The van der Waals surface area contributed by atoms with Crippen molar-refractivity contribution in [2.45, 2.75) is 83.6 Å². The van der Waals surface area contributed by atoms with Crippen LogP contribution in [0, 0.1) is 31.6 Å². The van der Waals surface area contributed by atoms with E-state index in [-0.39, 0.29) is 30.2 Å². The van der Waals surface area contributed by atoms with Gasteiger partial charge in [-0.3, -0.25) is 14.4 Å². The van der Waals surface area contributed by atoms with Crippen molar-refractivity contribution < 1.29 is 24.2 Å². The van der Waals surface area contributed by atoms with E-state index in [9.17, 15) is 19.5 Å². The van der Waals surface area contributed by atoms with Crippen LogP contribution in [0.1, 0.15) is 57.6 Å². The van der Waals surface area contributed by atoms with Crippen LogP contribution in [0.25, 0.3) is 0 Å². The molecule has 3 aliphatic heterocycles. The third-order valence-corrected chi connectivity index (χ3v) is 9.69. The molecule has 3 amide bonds. The Morgan fingerprint density at radius 2 is 1.80 bits per heavy atom. The predicted molar refractivity (Wildman–Crippen MR) is 154 cm³/mol. The second-order valence-electron chi connectivity index (χ2n) is 11.9. The lowest BCUT2D eigenvalue weighted by molar-refractivity contribution is -0.149. The Hall–Kier alpha value is -3.23. The molecule has 1 spiro atoms. The fourth-order valence-electron chi connectivity index (χ4n) is 7.34. The number of fused-ring (bicyclic) bond motifs is 1. The number of benzene rings is 2. The number of rotatable bonds is 9. The molecule has 3 aliphatic rings. The zero-order valence-corrected chi connectivity index (χ0v) is 24.1. The maximum absolute atomic E-state index is 14.5. The van der Waals surface area contributed by atoms with Gasteiger partial charge < -0.3 is 25.4 Å². The van der Waals surface area contributed by atoms with E-state index in [4.69, 9.17) is 4.74 Å². The van der Waals surface area contributed by atoms with Crippen molar-refractivity contribution in [3.05, 3.63) is 59.7 Å². The minimum atomic E-state index is -1.16. The van der Waals surface area contributed by atoms with E-state index in [0.717, 1.165) is 17.5 Å². The number of aryl methyl sites for hydroxylation is 2. The number of carbonyl (C=O) groups is 3. The molecule has 40 heavy (non-hydrogen) atoms. The molecular formula is C32H41N3O5. The Morgan fingerprint density at radius 3 is 2.45 bits per heavy atom. The Labute approximate surface area is 236 Å². The number of hydrogen-bond donors (Lipinski definition) is 3. The normalized spacial score (nSPS) is 30.2. The van der Waals surface area contributed by atoms with Gasteiger partial charge in [-0.25, -0.2) is 0 Å². The van der Waals surface area contributed by atoms with Crippen molar-refractivity contribution in [2.24, 2.45) is 17.8 Å². The highest BCUT2D eigenvalue weighted by Crippen LogP contribution is 2.64. The van der Waals surface area contributed by atoms with Crippen molar-refractivity contribution in [3.63, 3.8) is 0 Å². The molecule has 2 unspecified atom stereocenters. The van der Waals surface area contributed by atoms with E-state index in [2.05, 4.69) is 10.6 Å². The van der Waals surface area contributed by atoms with Gasteiger partial charge in [0.1, 0.15) is 11.6 Å². The quantitative estimate of drug-likeness (QED) is 0.430. The summed E-state index contributed by atoms with van der Waals surface area (Å²) in [7, 11) is 0. The molecule has 5 rings (SSSR count). The lowest BCUT2D eigenvalue weighted by Crippen LogP contribution is -2.57. The maximum atomic E-state index is 14.5. The molecule has 0 aliphatic carbocycles. The first-order valence-corrected chi connectivity index (χ1v) is 14.5. The average Bonchev–Trinajstić information content (AvgIpc) is 3.55. The Morgan fingerprint density at radius 1 is 1.07 bits per heavy atom. The number of aliphatic hydroxyl groups excluding tert-OH is 1. The SMILES string of the molecule is CC[C@H](C)[C@H](CO)N1C(=O)[C@@H]2[C@H](C(=O)Nc3ccccc3)[C@]3(CC)CCC2(O3)C1C(=O)Nc1cc(C)ccc1C. The summed E-state index contributed by atoms with van der Waals surface area (Å²) < 4.78 is 6.86. The molecule has 0 radical (unpaired) electrons. The van der Waals surface area contributed by atoms with Crippen molar-refractivity contribution in [3.8, 4) is 0 Å². The fourth-order valence-corrected chi connectivity index (χ4v) is 7.34. The summed E-state index contributed by atoms with van der Waals surface area (Å²) in [5.74, 6) is -2.54. The Balaban J connectivity index is 1.59. The van der Waals surface area contributed by atoms with Gasteiger partial charge in [0.2, 0.25) is 17.7 Å². The van der Waals surface area contributed by atoms with E-state index in [1.165, 1.54) is 0 Å². The minimum absolute atomic E-state index is 0.0610. The Kier molecular flexibility index (Phi) is 7.52. The number of anilines is 2. The standard InChI is InChI=1S/C32H41N3O5/c1-6-20(4)24(18-36)35-27(29(38)34-23-17-19(3)13-14-21(23)5)32-16-15-31(7-2,40-32)25(26(32)30(35)39)28(37)33-22-11-9-8-10-12-22/h8-14,17,20,24-27,36H,6-7,15-16,18H2,1-5H3,(H,33,37)(H,34,38)/t20-,24-,25+,26-,27?,31-,32?/m0/s1. The van der Waals surface area contributed by atoms with Gasteiger partial charge in [-0.15, -0.1) is 0 Å². The van der Waals surface area contributed by atoms with Crippen LogP contribution in [0.3, 0.4) is 0 Å². The van der Waals surface area contributed by atoms with Gasteiger partial charge in [-0.2, -0.15) is 0 Å². The summed E-state index contributed by atoms with van der Waals surface area (Å²) in [5.41, 5.74) is 1.24. The van der Waals surface area contributed by atoms with E-state index >= 15 is 0 Å². The average molecular weight is 548 g/mol. The van der Waals surface area contributed by atoms with Crippen LogP contribution in [0.15, 0.2) is 48.5 Å². The lowest BCUT2D eigenvalue weighted by Gasteiger charge is -2.39. The summed E-state index contributed by atoms with van der Waals surface area (Å²) in [6.07, 6.45) is 2.34. The van der Waals surface area contributed by atoms with E-state index in [1.807, 2.05) is 83.1 Å². The summed E-state index contributed by atoms with van der Waals surface area (Å²) in [6.45, 7) is 9.57. The molecule has 7 atom stereocenters. The highest BCUT2D eigenvalue weighted by atomic mass is 16.5. The van der Waals surface area contributed by atoms with Gasteiger partial charge >= 0.3 is 0 Å². The molecule has 8 heteroatoms. The number of ether oxygens (including phenoxy) is 1. The molecule has 3 heterocycles. The second kappa shape index (κ2) is 10.6. The molecule has 2 aromatic carbocycles. The number of carbonyl (C=O) groups excluding carboxylic acids is 3. The van der Waals surface area contributed by atoms with Crippen LogP contribution in [-0.4, -0.2) is 57.6 Å². The molecule has 3 saturated heterocycles. The van der Waals surface area contributed by atoms with Gasteiger partial charge in [0.25, 0.3) is 0 Å². The highest BCUT2D eigenvalue weighted by Gasteiger charge is 2.79. The molecule has 0 saturated carbocycles. The molecule has 2 aromatic rings. The van der Waals surface area contributed by atoms with Crippen LogP contribution in [0.2, 0.25) is 0 Å². The van der Waals surface area contributed by atoms with Crippen LogP contribution in [0.5, 0.6) is 0 Å². The molecule has 3 N–H and O–H groups in total. The number of hydrogen-bond acceptors (Lipinski definition) is 5. The van der Waals surface area contributed by atoms with Crippen LogP contribution in [0.4, 0.5) is 11.4 Å². The topological polar surface area (TPSA) is 108 Å². The van der Waals surface area contributed by atoms with E-state index in [1.54, 1.807) is 4.90 Å². The Bertz CT molecular complexity index is 1300. The van der Waals surface area contributed by atoms with Crippen LogP contribution >= 0.6 is 0 Å². The molecule has 0 aromatic heterocycles. The smallest absolute Gasteiger partial charge is 0.250 e. The highest BCUT2D eigenvalue weighted by molar-refractivity contribution is 6.05. The molecular weight excluding hydrogens is 506 g/mol. The lowest BCUT2D eigenvalue weighted by atomic mass is 9.65. The summed E-state index contributed by atoms with van der Waals surface area (Å²) in [6, 6.07) is 13.5. The monoisotopic (exact) mass is 547 g/mol. The number of nitrogens with one attached hydrogen (secondary N) is 2. The first-order valence-electron chi connectivity index (χ1n) is 14.5. The molecule has 2 bridgehead atoms. The first kappa shape index (κ1) is 28.3. The van der Waals surface area contributed by atoms with Gasteiger partial charge in [0, 0.05) is 11.4 Å². The largest absolute Gasteiger partial charge is 0.394 e. The molecule has 214 valence electrons. The van der Waals surface area contributed by atoms with Crippen LogP contribution < -0.4 is 10.6 Å². The first-order chi connectivity index (χ1) is 19.1. The maximum Gasteiger partial charge on any atom is 0.250 e. The van der Waals surface area contributed by atoms with Crippen molar-refractivity contribution >= 4 is 29.1 Å². The summed E-state index contributed by atoms with van der Waals surface area (Å²) in [5, 5.41) is 16.6. The fraction of sp³-hybridized carbons (Fsp3) is 0.531. The van der Waals surface area contributed by atoms with Gasteiger partial charge in [0.05, 0.1) is 30.1 Å². The van der Waals surface area contributed by atoms with Crippen LogP contribution in [-0.2, 0) is 19.1 Å². The number of aliphatic hydroxyl groups is 1. The third kappa shape index (κ3) is 4.32. The van der Waals surface area contributed by atoms with Crippen molar-refractivity contribution in [1.82, 2.24) is 4.90 Å². The molecule has 8 nitrogen and oxygen atoms in total. The van der Waals surface area contributed by atoms with Crippen molar-refractivity contribution in [2.75, 3.05) is 17.2 Å². The zero-order chi connectivity index (χ0) is 28.8. The van der Waals surface area contributed by atoms with Crippen molar-refractivity contribution in [1.29, 1.82) is 0 Å². The predicted octanol–water partition coefficient (Wildman–Crippen LogP) is 4.44. The van der Waals surface area contributed by atoms with E-state index < -0.39 is 35.1 Å². The number of likely N-dealkylation sites (tertiary alicyclic amines) is 1.